The van der Waals surface area contributed by atoms with Crippen molar-refractivity contribution in [3.63, 3.8) is 0 Å². The van der Waals surface area contributed by atoms with E-state index in [1.165, 1.54) is 52.6 Å². The summed E-state index contributed by atoms with van der Waals surface area (Å²) in [7, 11) is 0. The molecule has 1 aromatic carbocycles. The fourth-order valence-electron chi connectivity index (χ4n) is 3.84. The Hall–Kier alpha value is -2.59. The lowest BCUT2D eigenvalue weighted by Crippen LogP contribution is -2.38. The van der Waals surface area contributed by atoms with Crippen molar-refractivity contribution in [2.75, 3.05) is 19.6 Å². The Morgan fingerprint density at radius 3 is 2.85 bits per heavy atom. The van der Waals surface area contributed by atoms with Gasteiger partial charge in [0.15, 0.2) is 0 Å². The zero-order chi connectivity index (χ0) is 17.9. The van der Waals surface area contributed by atoms with E-state index in [4.69, 9.17) is 0 Å². The first-order valence-corrected chi connectivity index (χ1v) is 9.29. The Labute approximate surface area is 154 Å². The molecular formula is C22H24N2O2. The third kappa shape index (κ3) is 3.65. The SMILES string of the molecule is O=C(CN1CC=C(c2ccc3c(c2)CCC3)CC1)N1C=CC=CC(O)=C1. The largest absolute Gasteiger partial charge is 0.506 e. The summed E-state index contributed by atoms with van der Waals surface area (Å²) in [6.45, 7) is 2.01. The monoisotopic (exact) mass is 348 g/mol. The minimum atomic E-state index is -0.0362. The number of nitrogens with zero attached hydrogens (tertiary/aromatic N) is 2. The van der Waals surface area contributed by atoms with Crippen LogP contribution in [-0.4, -0.2) is 40.4 Å². The van der Waals surface area contributed by atoms with Gasteiger partial charge in [-0.2, -0.15) is 0 Å². The Bertz CT molecular complexity index is 833. The number of aliphatic hydroxyl groups is 1. The van der Waals surface area contributed by atoms with Crippen LogP contribution in [0.1, 0.15) is 29.5 Å². The van der Waals surface area contributed by atoms with E-state index in [9.17, 15) is 9.90 Å². The van der Waals surface area contributed by atoms with E-state index >= 15 is 0 Å². The van der Waals surface area contributed by atoms with E-state index < -0.39 is 0 Å². The van der Waals surface area contributed by atoms with Gasteiger partial charge in [-0.15, -0.1) is 0 Å². The van der Waals surface area contributed by atoms with Crippen LogP contribution >= 0.6 is 0 Å². The van der Waals surface area contributed by atoms with Gasteiger partial charge in [-0.05, 0) is 60.1 Å². The number of benzene rings is 1. The highest BCUT2D eigenvalue weighted by Crippen LogP contribution is 2.28. The lowest BCUT2D eigenvalue weighted by Gasteiger charge is -2.27. The van der Waals surface area contributed by atoms with Gasteiger partial charge in [0.25, 0.3) is 0 Å². The molecule has 1 N–H and O–H groups in total. The van der Waals surface area contributed by atoms with Crippen LogP contribution in [0.15, 0.2) is 60.7 Å². The molecule has 1 aromatic rings. The summed E-state index contributed by atoms with van der Waals surface area (Å²) in [4.78, 5) is 16.1. The van der Waals surface area contributed by atoms with Crippen LogP contribution in [0.25, 0.3) is 5.57 Å². The van der Waals surface area contributed by atoms with Crippen LogP contribution < -0.4 is 0 Å². The minimum absolute atomic E-state index is 0.0362. The average Bonchev–Trinajstić information content (AvgIpc) is 3.01. The van der Waals surface area contributed by atoms with Gasteiger partial charge in [-0.3, -0.25) is 14.6 Å². The van der Waals surface area contributed by atoms with Gasteiger partial charge in [0, 0.05) is 19.3 Å². The fourth-order valence-corrected chi connectivity index (χ4v) is 3.84. The maximum Gasteiger partial charge on any atom is 0.244 e. The van der Waals surface area contributed by atoms with Gasteiger partial charge in [-0.1, -0.05) is 30.4 Å². The predicted octanol–water partition coefficient (Wildman–Crippen LogP) is 3.58. The van der Waals surface area contributed by atoms with Crippen LogP contribution in [0.2, 0.25) is 0 Å². The molecule has 134 valence electrons. The van der Waals surface area contributed by atoms with E-state index in [1.54, 1.807) is 24.4 Å². The van der Waals surface area contributed by atoms with Crippen LogP contribution in [0, 0.1) is 0 Å². The first-order chi connectivity index (χ1) is 12.7. The standard InChI is InChI=1S/C22H24N2O2/c25-21-6-1-2-11-24(15-21)22(26)16-23-12-9-18(10-13-23)20-8-7-17-4-3-5-19(17)14-20/h1-2,6-9,11,14-15,25H,3-5,10,12-13,16H2. The number of fused-ring (bicyclic) bond motifs is 1. The molecule has 0 saturated carbocycles. The normalized spacial score (nSPS) is 19.8. The van der Waals surface area contributed by atoms with Gasteiger partial charge in [0.05, 0.1) is 12.7 Å². The smallest absolute Gasteiger partial charge is 0.244 e. The second kappa shape index (κ2) is 7.34. The highest BCUT2D eigenvalue weighted by molar-refractivity contribution is 5.81. The average molecular weight is 348 g/mol. The molecule has 4 rings (SSSR count). The maximum absolute atomic E-state index is 12.5. The Balaban J connectivity index is 1.38. The number of carbonyl (C=O) groups is 1. The van der Waals surface area contributed by atoms with E-state index in [2.05, 4.69) is 29.2 Å². The second-order valence-corrected chi connectivity index (χ2v) is 7.11. The molecule has 4 nitrogen and oxygen atoms in total. The number of aryl methyl sites for hydroxylation is 2. The third-order valence-corrected chi connectivity index (χ3v) is 5.31. The van der Waals surface area contributed by atoms with Gasteiger partial charge in [0.2, 0.25) is 5.91 Å². The van der Waals surface area contributed by atoms with Crippen LogP contribution in [0.5, 0.6) is 0 Å². The van der Waals surface area contributed by atoms with Gasteiger partial charge < -0.3 is 5.11 Å². The zero-order valence-corrected chi connectivity index (χ0v) is 14.9. The van der Waals surface area contributed by atoms with Crippen molar-refractivity contribution >= 4 is 11.5 Å². The van der Waals surface area contributed by atoms with Gasteiger partial charge in [0.1, 0.15) is 5.76 Å². The highest BCUT2D eigenvalue weighted by Gasteiger charge is 2.19. The number of carbonyl (C=O) groups excluding carboxylic acids is 1. The molecule has 0 spiro atoms. The lowest BCUT2D eigenvalue weighted by molar-refractivity contribution is -0.127. The van der Waals surface area contributed by atoms with Crippen molar-refractivity contribution in [1.29, 1.82) is 0 Å². The maximum atomic E-state index is 12.5. The first-order valence-electron chi connectivity index (χ1n) is 9.29. The molecular weight excluding hydrogens is 324 g/mol. The van der Waals surface area contributed by atoms with Crippen molar-refractivity contribution in [2.45, 2.75) is 25.7 Å². The van der Waals surface area contributed by atoms with E-state index in [-0.39, 0.29) is 11.7 Å². The van der Waals surface area contributed by atoms with Gasteiger partial charge >= 0.3 is 0 Å². The van der Waals surface area contributed by atoms with Crippen molar-refractivity contribution in [3.05, 3.63) is 77.4 Å². The number of hydrogen-bond donors (Lipinski definition) is 1. The molecule has 0 aromatic heterocycles. The number of allylic oxidation sites excluding steroid dienone is 3. The predicted molar refractivity (Wildman–Crippen MR) is 103 cm³/mol. The number of hydrogen-bond acceptors (Lipinski definition) is 3. The molecule has 2 heterocycles. The molecule has 0 fully saturated rings. The molecule has 1 aliphatic carbocycles. The molecule has 2 aliphatic heterocycles. The second-order valence-electron chi connectivity index (χ2n) is 7.11. The molecule has 0 radical (unpaired) electrons. The van der Waals surface area contributed by atoms with E-state index in [0.29, 0.717) is 6.54 Å². The molecule has 0 bridgehead atoms. The zero-order valence-electron chi connectivity index (χ0n) is 14.9. The van der Waals surface area contributed by atoms with Crippen LogP contribution in [0.4, 0.5) is 0 Å². The fraction of sp³-hybridized carbons (Fsp3) is 0.318. The van der Waals surface area contributed by atoms with Crippen molar-refractivity contribution in [3.8, 4) is 0 Å². The summed E-state index contributed by atoms with van der Waals surface area (Å²) in [6, 6.07) is 6.89. The van der Waals surface area contributed by atoms with E-state index in [0.717, 1.165) is 19.5 Å². The van der Waals surface area contributed by atoms with Crippen molar-refractivity contribution in [2.24, 2.45) is 0 Å². The molecule has 0 unspecified atom stereocenters. The molecule has 3 aliphatic rings. The molecule has 0 saturated heterocycles. The van der Waals surface area contributed by atoms with Gasteiger partial charge in [-0.25, -0.2) is 0 Å². The lowest BCUT2D eigenvalue weighted by atomic mass is 9.96. The summed E-state index contributed by atoms with van der Waals surface area (Å²) in [5.74, 6) is 0.0478. The summed E-state index contributed by atoms with van der Waals surface area (Å²) < 4.78 is 0. The Morgan fingerprint density at radius 2 is 2.00 bits per heavy atom. The number of amides is 1. The summed E-state index contributed by atoms with van der Waals surface area (Å²) in [5, 5.41) is 9.66. The van der Waals surface area contributed by atoms with Crippen molar-refractivity contribution in [1.82, 2.24) is 9.80 Å². The van der Waals surface area contributed by atoms with E-state index in [1.807, 2.05) is 0 Å². The topological polar surface area (TPSA) is 43.8 Å². The van der Waals surface area contributed by atoms with Crippen LogP contribution in [-0.2, 0) is 17.6 Å². The molecule has 1 amide bonds. The summed E-state index contributed by atoms with van der Waals surface area (Å²) in [6.07, 6.45) is 15.1. The Kier molecular flexibility index (Phi) is 4.76. The number of aliphatic hydroxyl groups excluding tert-OH is 1. The summed E-state index contributed by atoms with van der Waals surface area (Å²) in [5.41, 5.74) is 5.74. The third-order valence-electron chi connectivity index (χ3n) is 5.31. The minimum Gasteiger partial charge on any atom is -0.506 e. The number of rotatable bonds is 3. The van der Waals surface area contributed by atoms with Crippen molar-refractivity contribution < 1.29 is 9.90 Å². The Morgan fingerprint density at radius 1 is 1.12 bits per heavy atom. The molecule has 0 atom stereocenters. The summed E-state index contributed by atoms with van der Waals surface area (Å²) >= 11 is 0. The molecule has 4 heteroatoms. The highest BCUT2D eigenvalue weighted by atomic mass is 16.3. The van der Waals surface area contributed by atoms with Crippen LogP contribution in [0.3, 0.4) is 0 Å². The molecule has 26 heavy (non-hydrogen) atoms. The first kappa shape index (κ1) is 16.9. The quantitative estimate of drug-likeness (QED) is 0.908.